The van der Waals surface area contributed by atoms with Crippen molar-refractivity contribution in [1.82, 2.24) is 15.1 Å². The number of ether oxygens (including phenoxy) is 1. The highest BCUT2D eigenvalue weighted by Gasteiger charge is 2.21. The Morgan fingerprint density at radius 1 is 1.26 bits per heavy atom. The molecule has 0 bridgehead atoms. The van der Waals surface area contributed by atoms with Gasteiger partial charge in [0.15, 0.2) is 0 Å². The predicted octanol–water partition coefficient (Wildman–Crippen LogP) is 1.46. The number of esters is 1. The smallest absolute Gasteiger partial charge is 0.328 e. The molecule has 1 aromatic heterocycles. The van der Waals surface area contributed by atoms with E-state index in [1.54, 1.807) is 0 Å². The second kappa shape index (κ2) is 9.86. The zero-order valence-corrected chi connectivity index (χ0v) is 15.8. The lowest BCUT2D eigenvalue weighted by Gasteiger charge is -2.16. The maximum atomic E-state index is 13.1. The summed E-state index contributed by atoms with van der Waals surface area (Å²) < 4.78 is 18.7. The molecule has 144 valence electrons. The molecule has 0 aliphatic carbocycles. The first-order chi connectivity index (χ1) is 12.9. The topological polar surface area (TPSA) is 90.3 Å². The van der Waals surface area contributed by atoms with Crippen LogP contribution >= 0.6 is 11.8 Å². The molecule has 1 N–H and O–H groups in total. The molecule has 27 heavy (non-hydrogen) atoms. The van der Waals surface area contributed by atoms with E-state index in [4.69, 9.17) is 4.74 Å². The van der Waals surface area contributed by atoms with Crippen molar-refractivity contribution < 1.29 is 18.7 Å². The van der Waals surface area contributed by atoms with Gasteiger partial charge in [0, 0.05) is 11.6 Å². The van der Waals surface area contributed by atoms with Gasteiger partial charge in [-0.2, -0.15) is 16.9 Å². The monoisotopic (exact) mass is 393 g/mol. The van der Waals surface area contributed by atoms with Gasteiger partial charge in [-0.15, -0.1) is 0 Å². The highest BCUT2D eigenvalue weighted by molar-refractivity contribution is 7.98. The fourth-order valence-corrected chi connectivity index (χ4v) is 2.81. The van der Waals surface area contributed by atoms with Gasteiger partial charge in [-0.1, -0.05) is 0 Å². The largest absolute Gasteiger partial charge is 0.467 e. The van der Waals surface area contributed by atoms with Crippen LogP contribution in [0.1, 0.15) is 6.42 Å². The average molecular weight is 393 g/mol. The van der Waals surface area contributed by atoms with Gasteiger partial charge in [0.1, 0.15) is 18.4 Å². The zero-order valence-electron chi connectivity index (χ0n) is 15.0. The number of hydrogen-bond acceptors (Lipinski definition) is 6. The average Bonchev–Trinajstić information content (AvgIpc) is 2.67. The minimum absolute atomic E-state index is 0.347. The maximum Gasteiger partial charge on any atom is 0.328 e. The third-order valence-electron chi connectivity index (χ3n) is 3.73. The summed E-state index contributed by atoms with van der Waals surface area (Å²) in [4.78, 5) is 36.1. The summed E-state index contributed by atoms with van der Waals surface area (Å²) in [6.45, 7) is -0.347. The fraction of sp³-hybridized carbons (Fsp3) is 0.333. The van der Waals surface area contributed by atoms with Gasteiger partial charge in [-0.05, 0) is 48.8 Å². The van der Waals surface area contributed by atoms with Crippen LogP contribution in [0, 0.1) is 5.82 Å². The molecule has 0 aliphatic heterocycles. The third kappa shape index (κ3) is 5.92. The number of halogens is 1. The van der Waals surface area contributed by atoms with Gasteiger partial charge in [0.2, 0.25) is 5.91 Å². The number of benzene rings is 1. The van der Waals surface area contributed by atoms with Crippen LogP contribution in [0.25, 0.3) is 11.3 Å². The number of aromatic nitrogens is 2. The van der Waals surface area contributed by atoms with Gasteiger partial charge < -0.3 is 10.1 Å². The summed E-state index contributed by atoms with van der Waals surface area (Å²) in [5.41, 5.74) is 0.571. The van der Waals surface area contributed by atoms with E-state index < -0.39 is 23.5 Å². The van der Waals surface area contributed by atoms with Crippen molar-refractivity contribution in [3.63, 3.8) is 0 Å². The van der Waals surface area contributed by atoms with Crippen molar-refractivity contribution >= 4 is 23.6 Å². The molecule has 1 unspecified atom stereocenters. The van der Waals surface area contributed by atoms with Crippen molar-refractivity contribution in [2.24, 2.45) is 0 Å². The van der Waals surface area contributed by atoms with Crippen molar-refractivity contribution in [3.05, 3.63) is 52.6 Å². The quantitative estimate of drug-likeness (QED) is 0.683. The Balaban J connectivity index is 2.14. The van der Waals surface area contributed by atoms with E-state index in [-0.39, 0.29) is 12.4 Å². The summed E-state index contributed by atoms with van der Waals surface area (Å²) >= 11 is 1.54. The van der Waals surface area contributed by atoms with Crippen molar-refractivity contribution in [1.29, 1.82) is 0 Å². The predicted molar refractivity (Wildman–Crippen MR) is 101 cm³/mol. The van der Waals surface area contributed by atoms with E-state index in [0.29, 0.717) is 23.4 Å². The normalized spacial score (nSPS) is 11.7. The number of thioether (sulfide) groups is 1. The first kappa shape index (κ1) is 20.6. The minimum Gasteiger partial charge on any atom is -0.467 e. The first-order valence-corrected chi connectivity index (χ1v) is 9.54. The molecule has 0 spiro atoms. The summed E-state index contributed by atoms with van der Waals surface area (Å²) in [6.07, 6.45) is 2.30. The molecule has 7 nitrogen and oxygen atoms in total. The van der Waals surface area contributed by atoms with E-state index >= 15 is 0 Å². The number of nitrogens with zero attached hydrogens (tertiary/aromatic N) is 2. The molecular formula is C18H20FN3O4S. The second-order valence-corrected chi connectivity index (χ2v) is 6.63. The highest BCUT2D eigenvalue weighted by atomic mass is 32.2. The molecule has 1 aromatic carbocycles. The first-order valence-electron chi connectivity index (χ1n) is 8.15. The number of hydrogen-bond donors (Lipinski definition) is 1. The SMILES string of the molecule is COC(=O)C(CCSC)NC(=O)Cn1nc(-c2ccc(F)cc2)ccc1=O. The van der Waals surface area contributed by atoms with Crippen LogP contribution in [-0.4, -0.2) is 46.8 Å². The molecule has 1 amide bonds. The molecule has 0 aliphatic rings. The van der Waals surface area contributed by atoms with E-state index in [0.717, 1.165) is 4.68 Å². The van der Waals surface area contributed by atoms with E-state index in [9.17, 15) is 18.8 Å². The zero-order chi connectivity index (χ0) is 19.8. The van der Waals surface area contributed by atoms with Crippen molar-refractivity contribution in [3.8, 4) is 11.3 Å². The fourth-order valence-electron chi connectivity index (χ4n) is 2.34. The minimum atomic E-state index is -0.786. The molecule has 0 saturated heterocycles. The molecule has 0 saturated carbocycles. The van der Waals surface area contributed by atoms with Crippen LogP contribution in [0.5, 0.6) is 0 Å². The van der Waals surface area contributed by atoms with Gasteiger partial charge in [0.25, 0.3) is 5.56 Å². The van der Waals surface area contributed by atoms with Gasteiger partial charge >= 0.3 is 5.97 Å². The van der Waals surface area contributed by atoms with Crippen LogP contribution < -0.4 is 10.9 Å². The number of rotatable bonds is 8. The number of methoxy groups -OCH3 is 1. The lowest BCUT2D eigenvalue weighted by Crippen LogP contribution is -2.44. The lowest BCUT2D eigenvalue weighted by atomic mass is 10.1. The van der Waals surface area contributed by atoms with Crippen LogP contribution in [0.2, 0.25) is 0 Å². The summed E-state index contributed by atoms with van der Waals surface area (Å²) in [6, 6.07) is 7.62. The van der Waals surface area contributed by atoms with E-state index in [1.165, 1.54) is 55.3 Å². The Labute approximate surface area is 159 Å². The standard InChI is InChI=1S/C18H20FN3O4S/c1-26-18(25)15(9-10-27-2)20-16(23)11-22-17(24)8-7-14(21-22)12-3-5-13(19)6-4-12/h3-8,15H,9-11H2,1-2H3,(H,20,23). The Morgan fingerprint density at radius 3 is 2.59 bits per heavy atom. The molecule has 1 heterocycles. The summed E-state index contributed by atoms with van der Waals surface area (Å²) in [5, 5.41) is 6.72. The molecule has 1 atom stereocenters. The maximum absolute atomic E-state index is 13.1. The highest BCUT2D eigenvalue weighted by Crippen LogP contribution is 2.15. The molecular weight excluding hydrogens is 373 g/mol. The van der Waals surface area contributed by atoms with Gasteiger partial charge in [0.05, 0.1) is 12.8 Å². The van der Waals surface area contributed by atoms with E-state index in [2.05, 4.69) is 10.4 Å². The van der Waals surface area contributed by atoms with E-state index in [1.807, 2.05) is 6.26 Å². The van der Waals surface area contributed by atoms with Crippen molar-refractivity contribution in [2.75, 3.05) is 19.1 Å². The lowest BCUT2D eigenvalue weighted by molar-refractivity contribution is -0.145. The molecule has 0 fully saturated rings. The van der Waals surface area contributed by atoms with Crippen molar-refractivity contribution in [2.45, 2.75) is 19.0 Å². The van der Waals surface area contributed by atoms with Gasteiger partial charge in [-0.25, -0.2) is 13.9 Å². The van der Waals surface area contributed by atoms with Crippen LogP contribution in [-0.2, 0) is 20.9 Å². The number of carbonyl (C=O) groups is 2. The summed E-state index contributed by atoms with van der Waals surface area (Å²) in [7, 11) is 1.25. The molecule has 2 rings (SSSR count). The molecule has 2 aromatic rings. The number of nitrogens with one attached hydrogen (secondary N) is 1. The Kier molecular flexibility index (Phi) is 7.54. The molecule has 0 radical (unpaired) electrons. The Bertz CT molecular complexity index is 854. The third-order valence-corrected chi connectivity index (χ3v) is 4.38. The van der Waals surface area contributed by atoms with Crippen LogP contribution in [0.15, 0.2) is 41.2 Å². The van der Waals surface area contributed by atoms with Crippen LogP contribution in [0.4, 0.5) is 4.39 Å². The number of carbonyl (C=O) groups excluding carboxylic acids is 2. The Morgan fingerprint density at radius 2 is 1.96 bits per heavy atom. The summed E-state index contributed by atoms with van der Waals surface area (Å²) in [5.74, 6) is -0.793. The molecule has 9 heteroatoms. The Hall–Kier alpha value is -2.68. The van der Waals surface area contributed by atoms with Crippen LogP contribution in [0.3, 0.4) is 0 Å². The van der Waals surface area contributed by atoms with Gasteiger partial charge in [-0.3, -0.25) is 9.59 Å². The number of amides is 1. The second-order valence-electron chi connectivity index (χ2n) is 5.65.